The minimum Gasteiger partial charge on any atom is -0.480 e. The van der Waals surface area contributed by atoms with Crippen LogP contribution in [0.15, 0.2) is 10.9 Å². The maximum atomic E-state index is 11.9. The quantitative estimate of drug-likeness (QED) is 0.841. The van der Waals surface area contributed by atoms with Gasteiger partial charge in [-0.3, -0.25) is 14.9 Å². The normalized spacial score (nSPS) is 11.9. The van der Waals surface area contributed by atoms with Crippen LogP contribution in [0.25, 0.3) is 4.96 Å². The third kappa shape index (κ3) is 2.86. The summed E-state index contributed by atoms with van der Waals surface area (Å²) in [5.74, 6) is -0.957. The lowest BCUT2D eigenvalue weighted by Gasteiger charge is -2.20. The van der Waals surface area contributed by atoms with Crippen molar-refractivity contribution in [3.8, 4) is 0 Å². The van der Waals surface area contributed by atoms with E-state index in [1.54, 1.807) is 13.8 Å². The van der Waals surface area contributed by atoms with E-state index in [1.165, 1.54) is 21.9 Å². The molecule has 0 aliphatic heterocycles. The van der Waals surface area contributed by atoms with Crippen LogP contribution in [0.1, 0.15) is 31.5 Å². The average Bonchev–Trinajstić information content (AvgIpc) is 2.80. The Balaban J connectivity index is 2.28. The second-order valence-corrected chi connectivity index (χ2v) is 5.95. The van der Waals surface area contributed by atoms with Gasteiger partial charge in [0.05, 0.1) is 5.69 Å². The smallest absolute Gasteiger partial charge is 0.323 e. The van der Waals surface area contributed by atoms with Crippen molar-refractivity contribution >= 4 is 22.3 Å². The summed E-state index contributed by atoms with van der Waals surface area (Å²) in [6.45, 7) is 5.29. The highest BCUT2D eigenvalue weighted by molar-refractivity contribution is 7.16. The molecule has 0 bridgehead atoms. The first-order valence-electron chi connectivity index (χ1n) is 6.20. The summed E-state index contributed by atoms with van der Waals surface area (Å²) in [4.78, 5) is 27.8. The molecule has 0 atom stereocenters. The van der Waals surface area contributed by atoms with E-state index in [9.17, 15) is 9.59 Å². The molecule has 0 radical (unpaired) electrons. The van der Waals surface area contributed by atoms with Crippen LogP contribution >= 0.6 is 11.3 Å². The number of hydrogen-bond acceptors (Lipinski definition) is 6. The zero-order valence-corrected chi connectivity index (χ0v) is 12.3. The standard InChI is InChI=1S/C12H16N4O3S/c1-4-8-15-16-9(17)5-7(14-11(16)20-8)6-13-12(2,3)10(18)19/h5,13H,4,6H2,1-3H3,(H,18,19). The van der Waals surface area contributed by atoms with Gasteiger partial charge in [0.15, 0.2) is 0 Å². The molecule has 2 heterocycles. The number of fused-ring (bicyclic) bond motifs is 1. The zero-order valence-electron chi connectivity index (χ0n) is 11.5. The molecule has 0 aromatic carbocycles. The molecule has 2 N–H and O–H groups in total. The number of carbonyl (C=O) groups is 1. The number of aromatic nitrogens is 3. The van der Waals surface area contributed by atoms with Crippen molar-refractivity contribution in [2.75, 3.05) is 0 Å². The molecule has 0 spiro atoms. The van der Waals surface area contributed by atoms with Crippen LogP contribution in [0, 0.1) is 0 Å². The van der Waals surface area contributed by atoms with Gasteiger partial charge in [0.25, 0.3) is 5.56 Å². The summed E-state index contributed by atoms with van der Waals surface area (Å²) in [6, 6.07) is 1.37. The van der Waals surface area contributed by atoms with Crippen LogP contribution in [-0.2, 0) is 17.8 Å². The first kappa shape index (κ1) is 14.6. The third-order valence-electron chi connectivity index (χ3n) is 2.89. The Hall–Kier alpha value is -1.80. The largest absolute Gasteiger partial charge is 0.480 e. The predicted molar refractivity (Wildman–Crippen MR) is 75.1 cm³/mol. The number of hydrogen-bond donors (Lipinski definition) is 2. The highest BCUT2D eigenvalue weighted by Crippen LogP contribution is 2.12. The number of carboxylic acid groups (broad SMARTS) is 1. The zero-order chi connectivity index (χ0) is 14.9. The molecule has 0 unspecified atom stereocenters. The van der Waals surface area contributed by atoms with Gasteiger partial charge in [-0.25, -0.2) is 4.98 Å². The number of aliphatic carboxylic acids is 1. The molecule has 7 nitrogen and oxygen atoms in total. The van der Waals surface area contributed by atoms with Gasteiger partial charge in [-0.05, 0) is 20.3 Å². The van der Waals surface area contributed by atoms with Crippen molar-refractivity contribution in [3.63, 3.8) is 0 Å². The van der Waals surface area contributed by atoms with Gasteiger partial charge in [-0.2, -0.15) is 9.61 Å². The van der Waals surface area contributed by atoms with Gasteiger partial charge >= 0.3 is 5.97 Å². The van der Waals surface area contributed by atoms with E-state index < -0.39 is 11.5 Å². The molecular weight excluding hydrogens is 280 g/mol. The molecule has 0 amide bonds. The molecule has 8 heteroatoms. The molecule has 20 heavy (non-hydrogen) atoms. The molecule has 2 rings (SSSR count). The van der Waals surface area contributed by atoms with Crippen molar-refractivity contribution in [2.45, 2.75) is 39.3 Å². The molecule has 2 aromatic heterocycles. The van der Waals surface area contributed by atoms with Crippen molar-refractivity contribution < 1.29 is 9.90 Å². The number of carboxylic acids is 1. The Bertz CT molecular complexity index is 704. The summed E-state index contributed by atoms with van der Waals surface area (Å²) < 4.78 is 1.27. The Morgan fingerprint density at radius 2 is 2.25 bits per heavy atom. The Morgan fingerprint density at radius 1 is 1.55 bits per heavy atom. The molecule has 2 aromatic rings. The van der Waals surface area contributed by atoms with E-state index in [-0.39, 0.29) is 12.1 Å². The molecule has 0 fully saturated rings. The Morgan fingerprint density at radius 3 is 2.85 bits per heavy atom. The minimum absolute atomic E-state index is 0.213. The average molecular weight is 296 g/mol. The Kier molecular flexibility index (Phi) is 3.87. The molecule has 0 aliphatic carbocycles. The number of nitrogens with one attached hydrogen (secondary N) is 1. The van der Waals surface area contributed by atoms with Crippen molar-refractivity contribution in [1.82, 2.24) is 19.9 Å². The van der Waals surface area contributed by atoms with Gasteiger partial charge in [-0.1, -0.05) is 18.3 Å². The SMILES string of the molecule is CCc1nn2c(=O)cc(CNC(C)(C)C(=O)O)nc2s1. The lowest BCUT2D eigenvalue weighted by molar-refractivity contribution is -0.143. The third-order valence-corrected chi connectivity index (χ3v) is 3.94. The first-order chi connectivity index (χ1) is 9.33. The summed E-state index contributed by atoms with van der Waals surface area (Å²) in [5.41, 5.74) is -0.818. The van der Waals surface area contributed by atoms with E-state index in [2.05, 4.69) is 15.4 Å². The summed E-state index contributed by atoms with van der Waals surface area (Å²) in [5, 5.41) is 16.9. The first-order valence-corrected chi connectivity index (χ1v) is 7.02. The Labute approximate surface area is 119 Å². The van der Waals surface area contributed by atoms with Gasteiger partial charge in [0, 0.05) is 12.6 Å². The summed E-state index contributed by atoms with van der Waals surface area (Å²) in [7, 11) is 0. The fourth-order valence-electron chi connectivity index (χ4n) is 1.52. The van der Waals surface area contributed by atoms with E-state index in [4.69, 9.17) is 5.11 Å². The fraction of sp³-hybridized carbons (Fsp3) is 0.500. The minimum atomic E-state index is -1.07. The van der Waals surface area contributed by atoms with E-state index in [1.807, 2.05) is 6.92 Å². The molecular formula is C12H16N4O3S. The van der Waals surface area contributed by atoms with Gasteiger partial charge in [0.1, 0.15) is 10.5 Å². The lowest BCUT2D eigenvalue weighted by Crippen LogP contribution is -2.46. The van der Waals surface area contributed by atoms with Crippen LogP contribution in [0.5, 0.6) is 0 Å². The highest BCUT2D eigenvalue weighted by Gasteiger charge is 2.26. The van der Waals surface area contributed by atoms with Crippen LogP contribution in [0.4, 0.5) is 0 Å². The van der Waals surface area contributed by atoms with Gasteiger partial charge < -0.3 is 5.11 Å². The number of rotatable bonds is 5. The maximum absolute atomic E-state index is 11.9. The summed E-state index contributed by atoms with van der Waals surface area (Å²) >= 11 is 1.36. The topological polar surface area (TPSA) is 96.6 Å². The lowest BCUT2D eigenvalue weighted by atomic mass is 10.1. The van der Waals surface area contributed by atoms with E-state index in [0.717, 1.165) is 11.4 Å². The van der Waals surface area contributed by atoms with E-state index >= 15 is 0 Å². The number of nitrogens with zero attached hydrogens (tertiary/aromatic N) is 3. The molecule has 0 saturated heterocycles. The van der Waals surface area contributed by atoms with Gasteiger partial charge in [0.2, 0.25) is 4.96 Å². The van der Waals surface area contributed by atoms with Crippen LogP contribution in [-0.4, -0.2) is 31.2 Å². The van der Waals surface area contributed by atoms with Crippen LogP contribution in [0.2, 0.25) is 0 Å². The fourth-order valence-corrected chi connectivity index (χ4v) is 2.37. The number of aryl methyl sites for hydroxylation is 1. The van der Waals surface area contributed by atoms with E-state index in [0.29, 0.717) is 10.7 Å². The second kappa shape index (κ2) is 5.29. The molecule has 0 saturated carbocycles. The second-order valence-electron chi connectivity index (χ2n) is 4.91. The van der Waals surface area contributed by atoms with Crippen molar-refractivity contribution in [1.29, 1.82) is 0 Å². The highest BCUT2D eigenvalue weighted by atomic mass is 32.1. The van der Waals surface area contributed by atoms with Gasteiger partial charge in [-0.15, -0.1) is 0 Å². The molecule has 108 valence electrons. The van der Waals surface area contributed by atoms with Crippen molar-refractivity contribution in [3.05, 3.63) is 27.1 Å². The molecule has 0 aliphatic rings. The monoisotopic (exact) mass is 296 g/mol. The maximum Gasteiger partial charge on any atom is 0.323 e. The van der Waals surface area contributed by atoms with Crippen LogP contribution < -0.4 is 10.9 Å². The van der Waals surface area contributed by atoms with Crippen LogP contribution in [0.3, 0.4) is 0 Å². The van der Waals surface area contributed by atoms with Crippen molar-refractivity contribution in [2.24, 2.45) is 0 Å². The summed E-state index contributed by atoms with van der Waals surface area (Å²) in [6.07, 6.45) is 0.743. The predicted octanol–water partition coefficient (Wildman–Crippen LogP) is 0.666.